The van der Waals surface area contributed by atoms with Crippen molar-refractivity contribution in [2.24, 2.45) is 5.92 Å². The van der Waals surface area contributed by atoms with Gasteiger partial charge in [-0.3, -0.25) is 9.69 Å². The predicted molar refractivity (Wildman–Crippen MR) is 84.4 cm³/mol. The maximum Gasteiger partial charge on any atom is 0.337 e. The maximum absolute atomic E-state index is 12.8. The molecule has 23 heavy (non-hydrogen) atoms. The first-order chi connectivity index (χ1) is 11.1. The smallest absolute Gasteiger partial charge is 0.337 e. The third-order valence-electron chi connectivity index (χ3n) is 4.58. The molecule has 2 bridgehead atoms. The third-order valence-corrected chi connectivity index (χ3v) is 4.58. The summed E-state index contributed by atoms with van der Waals surface area (Å²) in [5.41, 5.74) is 1.05. The van der Waals surface area contributed by atoms with Crippen molar-refractivity contribution in [3.8, 4) is 0 Å². The van der Waals surface area contributed by atoms with Gasteiger partial charge in [0.15, 0.2) is 0 Å². The van der Waals surface area contributed by atoms with Gasteiger partial charge >= 0.3 is 5.97 Å². The minimum atomic E-state index is -0.396. The molecule has 0 spiro atoms. The molecule has 2 aliphatic heterocycles. The van der Waals surface area contributed by atoms with Gasteiger partial charge in [-0.25, -0.2) is 4.79 Å². The molecule has 0 aliphatic carbocycles. The van der Waals surface area contributed by atoms with Gasteiger partial charge in [0.05, 0.1) is 31.9 Å². The summed E-state index contributed by atoms with van der Waals surface area (Å²) in [4.78, 5) is 28.5. The van der Waals surface area contributed by atoms with E-state index < -0.39 is 5.97 Å². The first-order valence-corrected chi connectivity index (χ1v) is 7.84. The molecule has 0 radical (unpaired) electrons. The van der Waals surface area contributed by atoms with Crippen molar-refractivity contribution >= 4 is 11.9 Å². The Bertz CT molecular complexity index is 587. The maximum atomic E-state index is 12.8. The molecule has 2 aliphatic rings. The first-order valence-electron chi connectivity index (χ1n) is 7.84. The molecule has 2 saturated heterocycles. The van der Waals surface area contributed by atoms with E-state index >= 15 is 0 Å². The van der Waals surface area contributed by atoms with E-state index in [1.165, 1.54) is 7.11 Å². The molecule has 0 unspecified atom stereocenters. The zero-order chi connectivity index (χ0) is 16.4. The molecule has 2 fully saturated rings. The standard InChI is InChI=1S/C17H22N2O4/c1-18-7-12-8-19(9-15(18)11-23-10-12)16(20)13-3-5-14(6-4-13)17(21)22-2/h3-6,12,15H,7-11H2,1-2H3/t12-,15+/m1/s1. The highest BCUT2D eigenvalue weighted by Gasteiger charge is 2.33. The van der Waals surface area contributed by atoms with Gasteiger partial charge < -0.3 is 14.4 Å². The van der Waals surface area contributed by atoms with Crippen LogP contribution in [0.1, 0.15) is 20.7 Å². The molecule has 1 aromatic carbocycles. The summed E-state index contributed by atoms with van der Waals surface area (Å²) in [7, 11) is 3.43. The van der Waals surface area contributed by atoms with E-state index in [4.69, 9.17) is 4.74 Å². The predicted octanol–water partition coefficient (Wildman–Crippen LogP) is 0.876. The van der Waals surface area contributed by atoms with Gasteiger partial charge in [-0.2, -0.15) is 0 Å². The lowest BCUT2D eigenvalue weighted by Crippen LogP contribution is -2.44. The van der Waals surface area contributed by atoms with Gasteiger partial charge in [0.2, 0.25) is 0 Å². The van der Waals surface area contributed by atoms with Crippen LogP contribution in [-0.4, -0.2) is 74.7 Å². The number of likely N-dealkylation sites (N-methyl/N-ethyl adjacent to an activating group) is 1. The second-order valence-corrected chi connectivity index (χ2v) is 6.28. The Morgan fingerprint density at radius 1 is 1.09 bits per heavy atom. The number of nitrogens with zero attached hydrogens (tertiary/aromatic N) is 2. The largest absolute Gasteiger partial charge is 0.465 e. The third kappa shape index (κ3) is 3.38. The molecule has 6 heteroatoms. The Morgan fingerprint density at radius 3 is 2.48 bits per heavy atom. The summed E-state index contributed by atoms with van der Waals surface area (Å²) >= 11 is 0. The lowest BCUT2D eigenvalue weighted by atomic mass is 10.1. The van der Waals surface area contributed by atoms with Crippen LogP contribution in [0.15, 0.2) is 24.3 Å². The summed E-state index contributed by atoms with van der Waals surface area (Å²) in [6.07, 6.45) is 0. The molecule has 1 aromatic rings. The normalized spacial score (nSPS) is 24.9. The first kappa shape index (κ1) is 16.0. The molecular weight excluding hydrogens is 296 g/mol. The molecule has 0 saturated carbocycles. The Hall–Kier alpha value is -1.92. The fourth-order valence-corrected chi connectivity index (χ4v) is 3.27. The zero-order valence-corrected chi connectivity index (χ0v) is 13.5. The number of hydrogen-bond acceptors (Lipinski definition) is 5. The Kier molecular flexibility index (Phi) is 4.63. The fourth-order valence-electron chi connectivity index (χ4n) is 3.27. The lowest BCUT2D eigenvalue weighted by molar-refractivity contribution is 0.0433. The van der Waals surface area contributed by atoms with Crippen molar-refractivity contribution in [3.63, 3.8) is 0 Å². The van der Waals surface area contributed by atoms with Gasteiger partial charge in [-0.05, 0) is 31.3 Å². The average Bonchev–Trinajstić information content (AvgIpc) is 2.82. The number of ether oxygens (including phenoxy) is 2. The van der Waals surface area contributed by atoms with E-state index in [1.54, 1.807) is 24.3 Å². The molecule has 3 rings (SSSR count). The minimum Gasteiger partial charge on any atom is -0.465 e. The lowest BCUT2D eigenvalue weighted by Gasteiger charge is -2.29. The van der Waals surface area contributed by atoms with Crippen LogP contribution in [0.5, 0.6) is 0 Å². The van der Waals surface area contributed by atoms with Gasteiger partial charge in [0.25, 0.3) is 5.91 Å². The fraction of sp³-hybridized carbons (Fsp3) is 0.529. The van der Waals surface area contributed by atoms with Crippen LogP contribution in [0.3, 0.4) is 0 Å². The second-order valence-electron chi connectivity index (χ2n) is 6.28. The van der Waals surface area contributed by atoms with E-state index in [-0.39, 0.29) is 11.9 Å². The number of fused-ring (bicyclic) bond motifs is 3. The number of hydrogen-bond donors (Lipinski definition) is 0. The molecule has 6 nitrogen and oxygen atoms in total. The molecule has 1 amide bonds. The van der Waals surface area contributed by atoms with Gasteiger partial charge in [0, 0.05) is 31.1 Å². The highest BCUT2D eigenvalue weighted by atomic mass is 16.5. The van der Waals surface area contributed by atoms with Crippen LogP contribution in [0.4, 0.5) is 0 Å². The zero-order valence-electron chi connectivity index (χ0n) is 13.5. The van der Waals surface area contributed by atoms with E-state index in [2.05, 4.69) is 16.7 Å². The number of carbonyl (C=O) groups is 2. The summed E-state index contributed by atoms with van der Waals surface area (Å²) in [5.74, 6) is -0.0496. The molecule has 0 aromatic heterocycles. The Morgan fingerprint density at radius 2 is 1.78 bits per heavy atom. The van der Waals surface area contributed by atoms with E-state index in [1.807, 2.05) is 4.90 Å². The topological polar surface area (TPSA) is 59.1 Å². The van der Waals surface area contributed by atoms with Crippen molar-refractivity contribution in [2.45, 2.75) is 6.04 Å². The summed E-state index contributed by atoms with van der Waals surface area (Å²) < 4.78 is 10.4. The van der Waals surface area contributed by atoms with Gasteiger partial charge in [0.1, 0.15) is 0 Å². The number of esters is 1. The summed E-state index contributed by atoms with van der Waals surface area (Å²) in [5, 5.41) is 0. The van der Waals surface area contributed by atoms with Crippen LogP contribution < -0.4 is 0 Å². The van der Waals surface area contributed by atoms with Crippen molar-refractivity contribution < 1.29 is 19.1 Å². The van der Waals surface area contributed by atoms with Crippen LogP contribution in [-0.2, 0) is 9.47 Å². The number of methoxy groups -OCH3 is 1. The van der Waals surface area contributed by atoms with Crippen LogP contribution in [0, 0.1) is 5.92 Å². The van der Waals surface area contributed by atoms with Crippen LogP contribution in [0.25, 0.3) is 0 Å². The number of benzene rings is 1. The number of rotatable bonds is 2. The average molecular weight is 318 g/mol. The van der Waals surface area contributed by atoms with Crippen molar-refractivity contribution in [3.05, 3.63) is 35.4 Å². The number of amides is 1. The molecule has 2 heterocycles. The van der Waals surface area contributed by atoms with Gasteiger partial charge in [-0.15, -0.1) is 0 Å². The number of carbonyl (C=O) groups excluding carboxylic acids is 2. The molecule has 0 N–H and O–H groups in total. The van der Waals surface area contributed by atoms with E-state index in [0.717, 1.165) is 6.54 Å². The van der Waals surface area contributed by atoms with Crippen molar-refractivity contribution in [1.29, 1.82) is 0 Å². The quantitative estimate of drug-likeness (QED) is 0.758. The SMILES string of the molecule is COC(=O)c1ccc(C(=O)N2C[C@@H]3COC[C@H](C2)N(C)C3)cc1. The Balaban J connectivity index is 1.76. The van der Waals surface area contributed by atoms with Gasteiger partial charge in [-0.1, -0.05) is 0 Å². The highest BCUT2D eigenvalue weighted by molar-refractivity contribution is 5.96. The van der Waals surface area contributed by atoms with Crippen molar-refractivity contribution in [1.82, 2.24) is 9.80 Å². The van der Waals surface area contributed by atoms with E-state index in [0.29, 0.717) is 43.3 Å². The summed E-state index contributed by atoms with van der Waals surface area (Å²) in [6.45, 7) is 3.70. The second kappa shape index (κ2) is 6.68. The Labute approximate surface area is 136 Å². The molecule has 2 atom stereocenters. The highest BCUT2D eigenvalue weighted by Crippen LogP contribution is 2.20. The van der Waals surface area contributed by atoms with Crippen LogP contribution >= 0.6 is 0 Å². The molecular formula is C17H22N2O4. The monoisotopic (exact) mass is 318 g/mol. The van der Waals surface area contributed by atoms with Crippen LogP contribution in [0.2, 0.25) is 0 Å². The van der Waals surface area contributed by atoms with E-state index in [9.17, 15) is 9.59 Å². The molecule has 124 valence electrons. The summed E-state index contributed by atoms with van der Waals surface area (Å²) in [6, 6.07) is 6.88. The van der Waals surface area contributed by atoms with Crippen molar-refractivity contribution in [2.75, 3.05) is 47.0 Å². The minimum absolute atomic E-state index is 0.00798.